The number of aromatic nitrogens is 2. The molecule has 4 rings (SSSR count). The molecule has 130 valence electrons. The third kappa shape index (κ3) is 2.43. The number of rotatable bonds is 3. The van der Waals surface area contributed by atoms with Crippen LogP contribution in [-0.2, 0) is 6.42 Å². The maximum Gasteiger partial charge on any atom is 0.244 e. The van der Waals surface area contributed by atoms with Gasteiger partial charge in [-0.25, -0.2) is 4.39 Å². The van der Waals surface area contributed by atoms with Gasteiger partial charge in [0.15, 0.2) is 0 Å². The summed E-state index contributed by atoms with van der Waals surface area (Å²) in [6.07, 6.45) is 0.687. The van der Waals surface area contributed by atoms with Crippen molar-refractivity contribution < 1.29 is 13.5 Å². The molecule has 7 heteroatoms. The topological polar surface area (TPSA) is 101 Å². The third-order valence-electron chi connectivity index (χ3n) is 4.41. The smallest absolute Gasteiger partial charge is 0.244 e. The lowest BCUT2D eigenvalue weighted by molar-refractivity contribution is 0.371. The van der Waals surface area contributed by atoms with E-state index in [1.165, 1.54) is 12.1 Å². The number of ether oxygens (including phenoxy) is 1. The van der Waals surface area contributed by atoms with Crippen LogP contribution in [0.25, 0.3) is 11.3 Å². The van der Waals surface area contributed by atoms with E-state index in [4.69, 9.17) is 14.9 Å². The molecule has 26 heavy (non-hydrogen) atoms. The van der Waals surface area contributed by atoms with Crippen LogP contribution in [0.15, 0.2) is 52.3 Å². The van der Waals surface area contributed by atoms with Gasteiger partial charge in [0.05, 0.1) is 11.5 Å². The minimum Gasteiger partial charge on any atom is -0.460 e. The molecule has 0 amide bonds. The molecule has 2 aromatic heterocycles. The largest absolute Gasteiger partial charge is 0.460 e. The predicted molar refractivity (Wildman–Crippen MR) is 91.4 cm³/mol. The van der Waals surface area contributed by atoms with Crippen LogP contribution in [0.3, 0.4) is 0 Å². The van der Waals surface area contributed by atoms with Crippen LogP contribution in [0.4, 0.5) is 4.39 Å². The zero-order chi connectivity index (χ0) is 18.3. The van der Waals surface area contributed by atoms with E-state index in [2.05, 4.69) is 16.3 Å². The lowest BCUT2D eigenvalue weighted by atomic mass is 9.87. The summed E-state index contributed by atoms with van der Waals surface area (Å²) < 4.78 is 24.6. The van der Waals surface area contributed by atoms with Crippen molar-refractivity contribution >= 4 is 0 Å². The van der Waals surface area contributed by atoms with Crippen molar-refractivity contribution in [3.63, 3.8) is 0 Å². The van der Waals surface area contributed by atoms with Crippen LogP contribution in [0.5, 0.6) is 5.88 Å². The van der Waals surface area contributed by atoms with Gasteiger partial charge in [-0.1, -0.05) is 6.92 Å². The maximum absolute atomic E-state index is 13.1. The molecule has 1 atom stereocenters. The number of hydrogen-bond donors (Lipinski definition) is 2. The molecule has 0 aliphatic carbocycles. The van der Waals surface area contributed by atoms with Crippen LogP contribution < -0.4 is 10.5 Å². The molecule has 0 saturated carbocycles. The number of aryl methyl sites for hydroxylation is 1. The summed E-state index contributed by atoms with van der Waals surface area (Å²) in [6.45, 7) is 1.98. The number of furan rings is 1. The number of nitrogens with two attached hydrogens (primary N) is 1. The molecule has 0 radical (unpaired) electrons. The first-order chi connectivity index (χ1) is 12.6. The molecule has 3 aromatic rings. The first-order valence-electron chi connectivity index (χ1n) is 8.12. The first-order valence-corrected chi connectivity index (χ1v) is 8.12. The molecule has 0 saturated heterocycles. The summed E-state index contributed by atoms with van der Waals surface area (Å²) in [5, 5.41) is 16.7. The van der Waals surface area contributed by atoms with Crippen molar-refractivity contribution in [1.29, 1.82) is 5.26 Å². The van der Waals surface area contributed by atoms with Gasteiger partial charge in [-0.15, -0.1) is 5.10 Å². The van der Waals surface area contributed by atoms with E-state index in [0.29, 0.717) is 23.8 Å². The van der Waals surface area contributed by atoms with Crippen molar-refractivity contribution in [2.24, 2.45) is 5.73 Å². The minimum atomic E-state index is -0.508. The second kappa shape index (κ2) is 6.08. The lowest BCUT2D eigenvalue weighted by Gasteiger charge is -2.21. The highest BCUT2D eigenvalue weighted by Crippen LogP contribution is 2.44. The highest BCUT2D eigenvalue weighted by molar-refractivity contribution is 5.59. The van der Waals surface area contributed by atoms with Crippen LogP contribution in [0, 0.1) is 17.1 Å². The standard InChI is InChI=1S/C19H15FN4O2/c1-2-13-17-16(12(9-21)18(22)26-19(17)24-23-13)15-8-7-14(25-15)10-3-5-11(20)6-4-10/h3-8,16H,2,22H2,1H3,(H,23,24). The van der Waals surface area contributed by atoms with E-state index < -0.39 is 5.92 Å². The fourth-order valence-corrected chi connectivity index (χ4v) is 3.14. The molecular weight excluding hydrogens is 335 g/mol. The quantitative estimate of drug-likeness (QED) is 0.752. The van der Waals surface area contributed by atoms with Crippen molar-refractivity contribution in [3.05, 3.63) is 70.7 Å². The number of hydrogen-bond acceptors (Lipinski definition) is 5. The number of aromatic amines is 1. The normalized spacial score (nSPS) is 16.1. The molecule has 1 aromatic carbocycles. The monoisotopic (exact) mass is 350 g/mol. The van der Waals surface area contributed by atoms with Gasteiger partial charge in [0, 0.05) is 11.3 Å². The zero-order valence-corrected chi connectivity index (χ0v) is 13.9. The van der Waals surface area contributed by atoms with Crippen molar-refractivity contribution in [2.75, 3.05) is 0 Å². The van der Waals surface area contributed by atoms with Gasteiger partial charge in [0.25, 0.3) is 0 Å². The van der Waals surface area contributed by atoms with E-state index in [-0.39, 0.29) is 17.3 Å². The molecule has 1 aliphatic rings. The Labute approximate surface area is 148 Å². The number of H-pyrrole nitrogens is 1. The predicted octanol–water partition coefficient (Wildman–Crippen LogP) is 3.59. The Morgan fingerprint density at radius 2 is 2.04 bits per heavy atom. The minimum absolute atomic E-state index is 0.0129. The lowest BCUT2D eigenvalue weighted by Crippen LogP contribution is -2.21. The van der Waals surface area contributed by atoms with E-state index >= 15 is 0 Å². The summed E-state index contributed by atoms with van der Waals surface area (Å²) in [7, 11) is 0. The van der Waals surface area contributed by atoms with Crippen molar-refractivity contribution in [1.82, 2.24) is 10.2 Å². The van der Waals surface area contributed by atoms with E-state index in [1.54, 1.807) is 24.3 Å². The molecule has 3 heterocycles. The highest BCUT2D eigenvalue weighted by atomic mass is 19.1. The molecule has 0 bridgehead atoms. The summed E-state index contributed by atoms with van der Waals surface area (Å²) in [5.41, 5.74) is 8.53. The molecular formula is C19H15FN4O2. The Bertz CT molecular complexity index is 1040. The molecule has 3 N–H and O–H groups in total. The summed E-state index contributed by atoms with van der Waals surface area (Å²) in [5.74, 6) is 0.659. The number of benzene rings is 1. The van der Waals surface area contributed by atoms with Crippen LogP contribution >= 0.6 is 0 Å². The average molecular weight is 350 g/mol. The Morgan fingerprint density at radius 3 is 2.73 bits per heavy atom. The number of nitrogens with zero attached hydrogens (tertiary/aromatic N) is 2. The Kier molecular flexibility index (Phi) is 3.73. The van der Waals surface area contributed by atoms with Crippen molar-refractivity contribution in [2.45, 2.75) is 19.3 Å². The van der Waals surface area contributed by atoms with Crippen molar-refractivity contribution in [3.8, 4) is 23.3 Å². The van der Waals surface area contributed by atoms with E-state index in [9.17, 15) is 9.65 Å². The van der Waals surface area contributed by atoms with Gasteiger partial charge in [-0.3, -0.25) is 5.10 Å². The fraction of sp³-hybridized carbons (Fsp3) is 0.158. The van der Waals surface area contributed by atoms with E-state index in [0.717, 1.165) is 16.8 Å². The molecule has 0 fully saturated rings. The number of allylic oxidation sites excluding steroid dienone is 1. The van der Waals surface area contributed by atoms with E-state index in [1.807, 2.05) is 6.92 Å². The number of nitrogens with one attached hydrogen (secondary N) is 1. The second-order valence-electron chi connectivity index (χ2n) is 5.91. The molecule has 1 aliphatic heterocycles. The Morgan fingerprint density at radius 1 is 1.27 bits per heavy atom. The highest BCUT2D eigenvalue weighted by Gasteiger charge is 2.36. The summed E-state index contributed by atoms with van der Waals surface area (Å²) in [4.78, 5) is 0. The summed E-state index contributed by atoms with van der Waals surface area (Å²) in [6, 6.07) is 11.7. The fourth-order valence-electron chi connectivity index (χ4n) is 3.14. The number of fused-ring (bicyclic) bond motifs is 1. The zero-order valence-electron chi connectivity index (χ0n) is 13.9. The van der Waals surface area contributed by atoms with Gasteiger partial charge in [0.1, 0.15) is 29.0 Å². The Balaban J connectivity index is 1.83. The first kappa shape index (κ1) is 16.0. The SMILES string of the molecule is CCc1[nH]nc2c1C(c1ccc(-c3ccc(F)cc3)o1)C(C#N)=C(N)O2. The number of nitriles is 1. The van der Waals surface area contributed by atoms with Gasteiger partial charge < -0.3 is 14.9 Å². The molecule has 6 nitrogen and oxygen atoms in total. The molecule has 0 spiro atoms. The Hall–Kier alpha value is -3.53. The average Bonchev–Trinajstić information content (AvgIpc) is 3.28. The van der Waals surface area contributed by atoms with Gasteiger partial charge in [0.2, 0.25) is 11.8 Å². The molecule has 1 unspecified atom stereocenters. The third-order valence-corrected chi connectivity index (χ3v) is 4.41. The van der Waals surface area contributed by atoms with Gasteiger partial charge in [-0.2, -0.15) is 5.26 Å². The van der Waals surface area contributed by atoms with Crippen LogP contribution in [-0.4, -0.2) is 10.2 Å². The summed E-state index contributed by atoms with van der Waals surface area (Å²) >= 11 is 0. The van der Waals surface area contributed by atoms with Gasteiger partial charge >= 0.3 is 0 Å². The second-order valence-corrected chi connectivity index (χ2v) is 5.91. The van der Waals surface area contributed by atoms with Gasteiger partial charge in [-0.05, 0) is 42.8 Å². The van der Waals surface area contributed by atoms with Crippen LogP contribution in [0.2, 0.25) is 0 Å². The maximum atomic E-state index is 13.1. The number of halogens is 1. The van der Waals surface area contributed by atoms with Crippen LogP contribution in [0.1, 0.15) is 29.9 Å².